The summed E-state index contributed by atoms with van der Waals surface area (Å²) in [4.78, 5) is 21.5. The summed E-state index contributed by atoms with van der Waals surface area (Å²) in [5.74, 6) is 0.121. The van der Waals surface area contributed by atoms with Gasteiger partial charge in [-0.25, -0.2) is 9.18 Å². The normalized spacial score (nSPS) is 46.5. The number of carbonyl (C=O) groups is 1. The molecule has 2 bridgehead atoms. The lowest BCUT2D eigenvalue weighted by molar-refractivity contribution is -0.105. The van der Waals surface area contributed by atoms with Crippen LogP contribution in [-0.2, 0) is 9.47 Å². The molecule has 5 heterocycles. The van der Waals surface area contributed by atoms with Crippen molar-refractivity contribution >= 4 is 17.6 Å². The molecule has 0 spiro atoms. The molecule has 2 amide bonds. The second-order valence-corrected chi connectivity index (χ2v) is 15.1. The van der Waals surface area contributed by atoms with E-state index in [0.29, 0.717) is 50.9 Å². The predicted molar refractivity (Wildman–Crippen MR) is 168 cm³/mol. The van der Waals surface area contributed by atoms with Crippen molar-refractivity contribution in [3.05, 3.63) is 12.7 Å². The van der Waals surface area contributed by atoms with Crippen molar-refractivity contribution < 1.29 is 18.7 Å². The van der Waals surface area contributed by atoms with Crippen LogP contribution in [0.3, 0.4) is 0 Å². The van der Waals surface area contributed by atoms with Gasteiger partial charge in [0.25, 0.3) is 0 Å². The molecule has 248 valence electrons. The number of alkyl halides is 2. The maximum atomic E-state index is 15.9. The van der Waals surface area contributed by atoms with Crippen LogP contribution in [0.2, 0.25) is 0 Å². The van der Waals surface area contributed by atoms with Crippen molar-refractivity contribution in [2.45, 2.75) is 119 Å². The van der Waals surface area contributed by atoms with Gasteiger partial charge in [-0.15, -0.1) is 18.2 Å². The van der Waals surface area contributed by atoms with Crippen molar-refractivity contribution in [2.24, 2.45) is 17.8 Å². The lowest BCUT2D eigenvalue weighted by Crippen LogP contribution is -2.80. The van der Waals surface area contributed by atoms with E-state index in [0.717, 1.165) is 51.7 Å². The lowest BCUT2D eigenvalue weighted by Gasteiger charge is -2.60. The minimum absolute atomic E-state index is 0.0366. The monoisotopic (exact) mass is 637 g/mol. The Morgan fingerprint density at radius 3 is 2.82 bits per heavy atom. The first-order chi connectivity index (χ1) is 21.4. The Kier molecular flexibility index (Phi) is 9.48. The number of hydrogen-bond acceptors (Lipinski definition) is 8. The Balaban J connectivity index is 1.21. The number of amides is 2. The van der Waals surface area contributed by atoms with E-state index in [1.54, 1.807) is 6.08 Å². The molecule has 7 rings (SSSR count). The number of rotatable bonds is 6. The summed E-state index contributed by atoms with van der Waals surface area (Å²) in [7, 11) is 0. The molecule has 2 aliphatic carbocycles. The van der Waals surface area contributed by atoms with Crippen molar-refractivity contribution in [2.75, 3.05) is 46.1 Å². The average Bonchev–Trinajstić information content (AvgIpc) is 3.81. The summed E-state index contributed by atoms with van der Waals surface area (Å²) < 4.78 is 28.3. The smallest absolute Gasteiger partial charge is 0.320 e. The number of urea groups is 1. The van der Waals surface area contributed by atoms with Crippen molar-refractivity contribution in [1.29, 1.82) is 0 Å². The zero-order chi connectivity index (χ0) is 30.5. The number of nitrogens with zero attached hydrogens (tertiary/aromatic N) is 3. The fourth-order valence-electron chi connectivity index (χ4n) is 9.65. The summed E-state index contributed by atoms with van der Waals surface area (Å²) in [5.41, 5.74) is 0. The third-order valence-corrected chi connectivity index (χ3v) is 12.2. The molecule has 12 heteroatoms. The molecule has 0 aromatic rings. The Morgan fingerprint density at radius 1 is 1.14 bits per heavy atom. The van der Waals surface area contributed by atoms with E-state index >= 15 is 4.39 Å². The topological polar surface area (TPSA) is 93.4 Å². The van der Waals surface area contributed by atoms with Gasteiger partial charge < -0.3 is 30.3 Å². The van der Waals surface area contributed by atoms with Gasteiger partial charge in [0.05, 0.1) is 44.4 Å². The minimum Gasteiger partial charge on any atom is -0.375 e. The van der Waals surface area contributed by atoms with Crippen LogP contribution in [0, 0.1) is 17.8 Å². The van der Waals surface area contributed by atoms with Crippen molar-refractivity contribution in [3.63, 3.8) is 0 Å². The quantitative estimate of drug-likeness (QED) is 0.200. The molecular formula is C32H53ClFN7O3. The molecule has 13 atom stereocenters. The Hall–Kier alpha value is -1.05. The molecular weight excluding hydrogens is 585 g/mol. The van der Waals surface area contributed by atoms with Crippen LogP contribution in [0.25, 0.3) is 0 Å². The molecule has 10 nitrogen and oxygen atoms in total. The van der Waals surface area contributed by atoms with Crippen LogP contribution in [0.1, 0.15) is 52.4 Å². The minimum atomic E-state index is -0.932. The second kappa shape index (κ2) is 13.2. The van der Waals surface area contributed by atoms with E-state index in [2.05, 4.69) is 56.4 Å². The highest BCUT2D eigenvalue weighted by Crippen LogP contribution is 2.45. The molecule has 0 radical (unpaired) electrons. The fraction of sp³-hybridized carbons (Fsp3) is 0.906. The number of nitrogens with one attached hydrogen (secondary N) is 4. The summed E-state index contributed by atoms with van der Waals surface area (Å²) in [5, 5.41) is 14.6. The first kappa shape index (κ1) is 31.5. The van der Waals surface area contributed by atoms with Gasteiger partial charge >= 0.3 is 6.03 Å². The zero-order valence-corrected chi connectivity index (χ0v) is 27.1. The molecule has 5 saturated heterocycles. The largest absolute Gasteiger partial charge is 0.375 e. The second-order valence-electron chi connectivity index (χ2n) is 14.6. The van der Waals surface area contributed by atoms with Gasteiger partial charge in [0.1, 0.15) is 6.17 Å². The lowest BCUT2D eigenvalue weighted by atomic mass is 9.72. The van der Waals surface area contributed by atoms with Gasteiger partial charge in [0, 0.05) is 67.1 Å². The van der Waals surface area contributed by atoms with Gasteiger partial charge in [0.15, 0.2) is 0 Å². The van der Waals surface area contributed by atoms with Crippen LogP contribution in [-0.4, -0.2) is 133 Å². The van der Waals surface area contributed by atoms with Crippen LogP contribution in [0.4, 0.5) is 9.18 Å². The SMILES string of the molecule is C=CCOCN1CCN(C2NC(=O)N3C4NC(C(Cl)CC42)C2C(F)CCCC2NCCOC2CCNC(C(C)C)C23)[C@@H]2C[C@@H]21. The highest BCUT2D eigenvalue weighted by atomic mass is 35.5. The van der Waals surface area contributed by atoms with Crippen LogP contribution in [0.5, 0.6) is 0 Å². The number of ether oxygens (including phenoxy) is 2. The summed E-state index contributed by atoms with van der Waals surface area (Å²) in [6.45, 7) is 13.2. The highest BCUT2D eigenvalue weighted by molar-refractivity contribution is 6.21. The standard InChI is InChI=1S/C32H53ClFN7O3/c1-4-13-43-17-39-11-12-40(24-16-23(24)39)30-19-15-20(33)28-26-21(34)6-5-7-22(26)35-10-14-44-25-8-9-36-27(18(2)3)29(25)41(31(19)37-28)32(42)38-30/h4,18-31,35-37H,1,5-17H2,2-3H3,(H,38,42)/t19?,20?,21?,22?,23-,24+,25?,26?,27?,28?,29?,30?,31?/m0/s1. The van der Waals surface area contributed by atoms with E-state index < -0.39 is 6.17 Å². The summed E-state index contributed by atoms with van der Waals surface area (Å²) >= 11 is 7.33. The molecule has 7 aliphatic rings. The first-order valence-electron chi connectivity index (χ1n) is 17.3. The molecule has 4 N–H and O–H groups in total. The zero-order valence-electron chi connectivity index (χ0n) is 26.4. The van der Waals surface area contributed by atoms with E-state index in [1.807, 2.05) is 0 Å². The number of piperazine rings is 1. The van der Waals surface area contributed by atoms with Crippen LogP contribution in [0.15, 0.2) is 12.7 Å². The maximum Gasteiger partial charge on any atom is 0.320 e. The number of hydrogen-bond donors (Lipinski definition) is 4. The molecule has 2 saturated carbocycles. The third-order valence-electron chi connectivity index (χ3n) is 11.7. The van der Waals surface area contributed by atoms with E-state index in [1.165, 1.54) is 0 Å². The van der Waals surface area contributed by atoms with Crippen molar-refractivity contribution in [3.8, 4) is 0 Å². The molecule has 11 unspecified atom stereocenters. The van der Waals surface area contributed by atoms with E-state index in [-0.39, 0.29) is 65.8 Å². The highest BCUT2D eigenvalue weighted by Gasteiger charge is 2.60. The molecule has 44 heavy (non-hydrogen) atoms. The summed E-state index contributed by atoms with van der Waals surface area (Å²) in [6.07, 6.45) is 5.40. The average molecular weight is 638 g/mol. The molecule has 5 aliphatic heterocycles. The third kappa shape index (κ3) is 5.82. The number of piperidine rings is 2. The predicted octanol–water partition coefficient (Wildman–Crippen LogP) is 2.05. The maximum absolute atomic E-state index is 15.9. The van der Waals surface area contributed by atoms with E-state index in [4.69, 9.17) is 21.1 Å². The van der Waals surface area contributed by atoms with Crippen molar-refractivity contribution in [1.82, 2.24) is 36.0 Å². The van der Waals surface area contributed by atoms with Gasteiger partial charge in [-0.05, 0) is 51.0 Å². The Morgan fingerprint density at radius 2 is 2.00 bits per heavy atom. The molecule has 0 aromatic carbocycles. The molecule has 7 fully saturated rings. The Labute approximate surface area is 267 Å². The van der Waals surface area contributed by atoms with Gasteiger partial charge in [-0.2, -0.15) is 0 Å². The number of halogens is 2. The van der Waals surface area contributed by atoms with Crippen LogP contribution >= 0.6 is 11.6 Å². The van der Waals surface area contributed by atoms with Gasteiger partial charge in [-0.3, -0.25) is 15.1 Å². The van der Waals surface area contributed by atoms with Crippen LogP contribution < -0.4 is 21.3 Å². The number of carbonyl (C=O) groups excluding carboxylic acids is 1. The van der Waals surface area contributed by atoms with E-state index in [9.17, 15) is 4.79 Å². The molecule has 0 aromatic heterocycles. The first-order valence-corrected chi connectivity index (χ1v) is 17.7. The van der Waals surface area contributed by atoms with Gasteiger partial charge in [-0.1, -0.05) is 19.9 Å². The fourth-order valence-corrected chi connectivity index (χ4v) is 10.1. The number of fused-ring (bicyclic) bond motifs is 6. The summed E-state index contributed by atoms with van der Waals surface area (Å²) in [6, 6.07) is 0.517. The van der Waals surface area contributed by atoms with Gasteiger partial charge in [0.2, 0.25) is 0 Å². The Bertz CT molecular complexity index is 1040.